The van der Waals surface area contributed by atoms with Crippen LogP contribution in [0, 0.1) is 13.8 Å². The predicted octanol–water partition coefficient (Wildman–Crippen LogP) is 4.38. The quantitative estimate of drug-likeness (QED) is 0.662. The number of carbonyl (C=O) groups excluding carboxylic acids is 1. The van der Waals surface area contributed by atoms with E-state index in [1.54, 1.807) is 11.3 Å². The fraction of sp³-hybridized carbons (Fsp3) is 0.304. The van der Waals surface area contributed by atoms with Gasteiger partial charge in [0.15, 0.2) is 0 Å². The molecule has 0 atom stereocenters. The summed E-state index contributed by atoms with van der Waals surface area (Å²) in [5.41, 5.74) is 5.29. The minimum absolute atomic E-state index is 0.154. The van der Waals surface area contributed by atoms with Gasteiger partial charge in [0.1, 0.15) is 5.01 Å². The standard InChI is InChI=1S/C23H25N3OS/c1-17-8-9-18(2)21(14-17)23(27)26-12-10-25(11-13-26)15-20-16-28-22(24-20)19-6-4-3-5-7-19/h3-9,14,16H,10-13,15H2,1-2H3. The summed E-state index contributed by atoms with van der Waals surface area (Å²) in [6.45, 7) is 8.18. The zero-order valence-corrected chi connectivity index (χ0v) is 17.2. The van der Waals surface area contributed by atoms with E-state index in [1.807, 2.05) is 49.1 Å². The molecule has 0 N–H and O–H groups in total. The van der Waals surface area contributed by atoms with Gasteiger partial charge in [0, 0.05) is 49.2 Å². The maximum Gasteiger partial charge on any atom is 0.254 e. The van der Waals surface area contributed by atoms with E-state index in [2.05, 4.69) is 28.5 Å². The Bertz CT molecular complexity index is 959. The van der Waals surface area contributed by atoms with Crippen molar-refractivity contribution in [2.45, 2.75) is 20.4 Å². The predicted molar refractivity (Wildman–Crippen MR) is 115 cm³/mol. The van der Waals surface area contributed by atoms with E-state index in [0.717, 1.165) is 60.1 Å². The van der Waals surface area contributed by atoms with Crippen LogP contribution in [0.1, 0.15) is 27.2 Å². The molecule has 5 heteroatoms. The lowest BCUT2D eigenvalue weighted by Gasteiger charge is -2.34. The molecule has 2 heterocycles. The van der Waals surface area contributed by atoms with Crippen LogP contribution < -0.4 is 0 Å². The summed E-state index contributed by atoms with van der Waals surface area (Å²) >= 11 is 1.69. The summed E-state index contributed by atoms with van der Waals surface area (Å²) in [6.07, 6.45) is 0. The summed E-state index contributed by atoms with van der Waals surface area (Å²) in [6, 6.07) is 16.4. The fourth-order valence-corrected chi connectivity index (χ4v) is 4.38. The third kappa shape index (κ3) is 4.16. The minimum atomic E-state index is 0.154. The topological polar surface area (TPSA) is 36.4 Å². The molecular weight excluding hydrogens is 366 g/mol. The summed E-state index contributed by atoms with van der Waals surface area (Å²) in [4.78, 5) is 22.1. The number of nitrogens with zero attached hydrogens (tertiary/aromatic N) is 3. The van der Waals surface area contributed by atoms with Crippen molar-refractivity contribution in [3.05, 3.63) is 76.3 Å². The normalized spacial score (nSPS) is 15.0. The maximum atomic E-state index is 12.9. The molecule has 0 aliphatic carbocycles. The van der Waals surface area contributed by atoms with Crippen LogP contribution in [0.3, 0.4) is 0 Å². The van der Waals surface area contributed by atoms with E-state index < -0.39 is 0 Å². The smallest absolute Gasteiger partial charge is 0.254 e. The van der Waals surface area contributed by atoms with Crippen molar-refractivity contribution >= 4 is 17.2 Å². The van der Waals surface area contributed by atoms with Gasteiger partial charge in [-0.15, -0.1) is 11.3 Å². The number of hydrogen-bond acceptors (Lipinski definition) is 4. The summed E-state index contributed by atoms with van der Waals surface area (Å²) in [7, 11) is 0. The monoisotopic (exact) mass is 391 g/mol. The van der Waals surface area contributed by atoms with Crippen molar-refractivity contribution in [3.63, 3.8) is 0 Å². The zero-order valence-electron chi connectivity index (χ0n) is 16.4. The first-order valence-electron chi connectivity index (χ1n) is 9.69. The highest BCUT2D eigenvalue weighted by Gasteiger charge is 2.23. The fourth-order valence-electron chi connectivity index (χ4n) is 3.57. The van der Waals surface area contributed by atoms with Gasteiger partial charge in [-0.2, -0.15) is 0 Å². The molecule has 1 aromatic heterocycles. The SMILES string of the molecule is Cc1ccc(C)c(C(=O)N2CCN(Cc3csc(-c4ccccc4)n3)CC2)c1. The Morgan fingerprint density at radius 1 is 1.04 bits per heavy atom. The molecule has 0 unspecified atom stereocenters. The lowest BCUT2D eigenvalue weighted by Crippen LogP contribution is -2.48. The van der Waals surface area contributed by atoms with Crippen molar-refractivity contribution in [2.24, 2.45) is 0 Å². The van der Waals surface area contributed by atoms with Gasteiger partial charge >= 0.3 is 0 Å². The highest BCUT2D eigenvalue weighted by Crippen LogP contribution is 2.24. The number of benzene rings is 2. The highest BCUT2D eigenvalue weighted by atomic mass is 32.1. The summed E-state index contributed by atoms with van der Waals surface area (Å²) in [5, 5.41) is 3.22. The van der Waals surface area contributed by atoms with Crippen LogP contribution in [0.25, 0.3) is 10.6 Å². The molecule has 1 aliphatic heterocycles. The van der Waals surface area contributed by atoms with Crippen molar-refractivity contribution in [1.29, 1.82) is 0 Å². The van der Waals surface area contributed by atoms with Crippen LogP contribution in [0.2, 0.25) is 0 Å². The second-order valence-electron chi connectivity index (χ2n) is 7.40. The third-order valence-corrected chi connectivity index (χ3v) is 6.18. The van der Waals surface area contributed by atoms with Gasteiger partial charge in [-0.25, -0.2) is 4.98 Å². The van der Waals surface area contributed by atoms with Gasteiger partial charge < -0.3 is 4.90 Å². The zero-order chi connectivity index (χ0) is 19.5. The van der Waals surface area contributed by atoms with Crippen LogP contribution in [-0.4, -0.2) is 46.9 Å². The van der Waals surface area contributed by atoms with Gasteiger partial charge in [0.05, 0.1) is 5.69 Å². The van der Waals surface area contributed by atoms with E-state index in [9.17, 15) is 4.79 Å². The first kappa shape index (κ1) is 18.8. The average molecular weight is 392 g/mol. The number of thiazole rings is 1. The number of aryl methyl sites for hydroxylation is 2. The van der Waals surface area contributed by atoms with Crippen molar-refractivity contribution in [1.82, 2.24) is 14.8 Å². The van der Waals surface area contributed by atoms with Gasteiger partial charge in [-0.3, -0.25) is 9.69 Å². The highest BCUT2D eigenvalue weighted by molar-refractivity contribution is 7.13. The van der Waals surface area contributed by atoms with Crippen LogP contribution >= 0.6 is 11.3 Å². The minimum Gasteiger partial charge on any atom is -0.336 e. The Balaban J connectivity index is 1.35. The average Bonchev–Trinajstić information content (AvgIpc) is 3.19. The van der Waals surface area contributed by atoms with Gasteiger partial charge in [-0.05, 0) is 25.5 Å². The molecule has 1 saturated heterocycles. The number of hydrogen-bond donors (Lipinski definition) is 0. The molecule has 1 amide bonds. The molecule has 28 heavy (non-hydrogen) atoms. The molecule has 0 radical (unpaired) electrons. The molecule has 4 nitrogen and oxygen atoms in total. The van der Waals surface area contributed by atoms with Crippen LogP contribution in [0.4, 0.5) is 0 Å². The molecule has 3 aromatic rings. The van der Waals surface area contributed by atoms with Crippen LogP contribution in [0.15, 0.2) is 53.9 Å². The Morgan fingerprint density at radius 3 is 2.54 bits per heavy atom. The second kappa shape index (κ2) is 8.25. The van der Waals surface area contributed by atoms with E-state index in [0.29, 0.717) is 0 Å². The molecule has 1 aliphatic rings. The summed E-state index contributed by atoms with van der Waals surface area (Å²) < 4.78 is 0. The van der Waals surface area contributed by atoms with Crippen LogP contribution in [-0.2, 0) is 6.54 Å². The number of amides is 1. The van der Waals surface area contributed by atoms with Crippen LogP contribution in [0.5, 0.6) is 0 Å². The molecule has 144 valence electrons. The first-order chi connectivity index (χ1) is 13.6. The van der Waals surface area contributed by atoms with Crippen molar-refractivity contribution in [3.8, 4) is 10.6 Å². The molecule has 1 fully saturated rings. The lowest BCUT2D eigenvalue weighted by atomic mass is 10.0. The molecule has 0 saturated carbocycles. The van der Waals surface area contributed by atoms with E-state index in [1.165, 1.54) is 5.56 Å². The van der Waals surface area contributed by atoms with E-state index in [4.69, 9.17) is 4.98 Å². The Kier molecular flexibility index (Phi) is 5.55. The number of rotatable bonds is 4. The molecule has 0 spiro atoms. The Labute approximate surface area is 170 Å². The second-order valence-corrected chi connectivity index (χ2v) is 8.25. The largest absolute Gasteiger partial charge is 0.336 e. The Hall–Kier alpha value is -2.50. The molecule has 4 rings (SSSR count). The lowest BCUT2D eigenvalue weighted by molar-refractivity contribution is 0.0626. The van der Waals surface area contributed by atoms with Gasteiger partial charge in [-0.1, -0.05) is 48.0 Å². The van der Waals surface area contributed by atoms with Crippen molar-refractivity contribution < 1.29 is 4.79 Å². The van der Waals surface area contributed by atoms with Gasteiger partial charge in [0.25, 0.3) is 5.91 Å². The molecule has 0 bridgehead atoms. The number of piperazine rings is 1. The molecule has 2 aromatic carbocycles. The maximum absolute atomic E-state index is 12.9. The first-order valence-corrected chi connectivity index (χ1v) is 10.6. The number of carbonyl (C=O) groups is 1. The third-order valence-electron chi connectivity index (χ3n) is 5.24. The molecular formula is C23H25N3OS. The van der Waals surface area contributed by atoms with Gasteiger partial charge in [0.2, 0.25) is 0 Å². The van der Waals surface area contributed by atoms with E-state index in [-0.39, 0.29) is 5.91 Å². The van der Waals surface area contributed by atoms with Crippen molar-refractivity contribution in [2.75, 3.05) is 26.2 Å². The Morgan fingerprint density at radius 2 is 1.79 bits per heavy atom. The number of aromatic nitrogens is 1. The van der Waals surface area contributed by atoms with E-state index >= 15 is 0 Å². The summed E-state index contributed by atoms with van der Waals surface area (Å²) in [5.74, 6) is 0.154.